The highest BCUT2D eigenvalue weighted by Crippen LogP contribution is 2.27. The Morgan fingerprint density at radius 1 is 0.650 bits per heavy atom. The van der Waals surface area contributed by atoms with Crippen LogP contribution in [0.5, 0.6) is 0 Å². The third-order valence-corrected chi connectivity index (χ3v) is 7.23. The van der Waals surface area contributed by atoms with Gasteiger partial charge in [-0.2, -0.15) is 0 Å². The average molecular weight is 519 g/mol. The summed E-state index contributed by atoms with van der Waals surface area (Å²) in [5, 5.41) is 1.99. The van der Waals surface area contributed by atoms with Crippen molar-refractivity contribution in [2.24, 2.45) is 0 Å². The van der Waals surface area contributed by atoms with E-state index in [0.717, 1.165) is 55.4 Å². The van der Waals surface area contributed by atoms with Crippen LogP contribution in [0.4, 0.5) is 0 Å². The number of fused-ring (bicyclic) bond motifs is 2. The Labute approximate surface area is 232 Å². The van der Waals surface area contributed by atoms with E-state index in [4.69, 9.17) is 0 Å². The van der Waals surface area contributed by atoms with Crippen molar-refractivity contribution < 1.29 is 4.79 Å². The van der Waals surface area contributed by atoms with Crippen LogP contribution < -0.4 is 0 Å². The first-order chi connectivity index (χ1) is 19.6. The molecule has 192 valence electrons. The Kier molecular flexibility index (Phi) is 6.71. The monoisotopic (exact) mass is 518 g/mol. The summed E-state index contributed by atoms with van der Waals surface area (Å²) in [6.45, 7) is 3.93. The molecule has 0 saturated heterocycles. The number of pyridine rings is 2. The molecule has 0 spiro atoms. The molecule has 0 aliphatic heterocycles. The molecule has 0 saturated carbocycles. The number of H-pyrrole nitrogens is 2. The number of nitrogens with one attached hydrogen (secondary N) is 2. The van der Waals surface area contributed by atoms with E-state index in [9.17, 15) is 4.79 Å². The zero-order chi connectivity index (χ0) is 27.5. The van der Waals surface area contributed by atoms with Crippen LogP contribution in [0.2, 0.25) is 0 Å². The van der Waals surface area contributed by atoms with E-state index in [0.29, 0.717) is 0 Å². The van der Waals surface area contributed by atoms with Gasteiger partial charge in [0.2, 0.25) is 0 Å². The summed E-state index contributed by atoms with van der Waals surface area (Å²) < 4.78 is 0. The van der Waals surface area contributed by atoms with Crippen molar-refractivity contribution in [2.75, 3.05) is 0 Å². The van der Waals surface area contributed by atoms with Crippen molar-refractivity contribution in [3.8, 4) is 23.7 Å². The first kappa shape index (κ1) is 24.9. The van der Waals surface area contributed by atoms with Gasteiger partial charge in [0.05, 0.1) is 0 Å². The van der Waals surface area contributed by atoms with Gasteiger partial charge >= 0.3 is 0 Å². The molecular formula is C35H26N4O. The number of hydrogen-bond donors (Lipinski definition) is 2. The smallest absolute Gasteiger partial charge is 0.147 e. The number of benzene rings is 2. The highest BCUT2D eigenvalue weighted by molar-refractivity contribution is 5.91. The van der Waals surface area contributed by atoms with Crippen molar-refractivity contribution in [3.05, 3.63) is 131 Å². The van der Waals surface area contributed by atoms with Crippen molar-refractivity contribution in [3.63, 3.8) is 0 Å². The Balaban J connectivity index is 1.20. The summed E-state index contributed by atoms with van der Waals surface area (Å²) in [6, 6.07) is 23.7. The van der Waals surface area contributed by atoms with Gasteiger partial charge in [-0.3, -0.25) is 4.79 Å². The number of rotatable bonds is 4. The molecular weight excluding hydrogens is 492 g/mol. The van der Waals surface area contributed by atoms with Gasteiger partial charge in [0.25, 0.3) is 0 Å². The molecule has 0 amide bonds. The molecule has 40 heavy (non-hydrogen) atoms. The van der Waals surface area contributed by atoms with E-state index >= 15 is 0 Å². The van der Waals surface area contributed by atoms with E-state index in [-0.39, 0.29) is 17.6 Å². The summed E-state index contributed by atoms with van der Waals surface area (Å²) in [4.78, 5) is 28.4. The first-order valence-electron chi connectivity index (χ1n) is 13.2. The van der Waals surface area contributed by atoms with Crippen LogP contribution in [0.15, 0.2) is 97.6 Å². The quantitative estimate of drug-likeness (QED) is 0.255. The fraction of sp³-hybridized carbons (Fsp3) is 0.114. The van der Waals surface area contributed by atoms with Gasteiger partial charge in [-0.15, -0.1) is 0 Å². The molecule has 2 atom stereocenters. The standard InChI is InChI=1S/C35H26N4O/c1-23(29-7-3-5-25(21-29)9-11-27-13-17-36-34-31(27)15-19-38-34)33(40)24(2)30-8-4-6-26(22-30)10-12-28-14-18-37-35-32(28)16-20-39-35/h3-8,13-24H,1-2H3,(H,36,38)(H,37,39). The first-order valence-corrected chi connectivity index (χ1v) is 13.2. The maximum atomic E-state index is 13.6. The molecule has 4 aromatic heterocycles. The molecule has 2 aromatic carbocycles. The SMILES string of the molecule is CC(C(=O)C(C)c1cccc(C#Cc2ccnc3[nH]ccc23)c1)c1cccc(C#Cc2ccnc3[nH]ccc23)c1. The highest BCUT2D eigenvalue weighted by Gasteiger charge is 2.23. The number of nitrogens with zero attached hydrogens (tertiary/aromatic N) is 2. The van der Waals surface area contributed by atoms with Gasteiger partial charge in [0.1, 0.15) is 17.1 Å². The number of carbonyl (C=O) groups is 1. The molecule has 0 aliphatic carbocycles. The molecule has 2 unspecified atom stereocenters. The van der Waals surface area contributed by atoms with Crippen molar-refractivity contribution >= 4 is 27.9 Å². The third-order valence-electron chi connectivity index (χ3n) is 7.23. The van der Waals surface area contributed by atoms with Crippen molar-refractivity contribution in [1.82, 2.24) is 19.9 Å². The predicted octanol–water partition coefficient (Wildman–Crippen LogP) is 6.72. The molecule has 0 radical (unpaired) electrons. The topological polar surface area (TPSA) is 74.4 Å². The van der Waals surface area contributed by atoms with Crippen LogP contribution >= 0.6 is 0 Å². The summed E-state index contributed by atoms with van der Waals surface area (Å²) in [6.07, 6.45) is 7.23. The number of carbonyl (C=O) groups excluding carboxylic acids is 1. The molecule has 5 heteroatoms. The van der Waals surface area contributed by atoms with Crippen LogP contribution in [0.3, 0.4) is 0 Å². The summed E-state index contributed by atoms with van der Waals surface area (Å²) in [5.41, 5.74) is 7.12. The van der Waals surface area contributed by atoms with E-state index in [2.05, 4.69) is 43.6 Å². The molecule has 5 nitrogen and oxygen atoms in total. The van der Waals surface area contributed by atoms with Crippen molar-refractivity contribution in [2.45, 2.75) is 25.7 Å². The second-order valence-electron chi connectivity index (χ2n) is 9.79. The van der Waals surface area contributed by atoms with Gasteiger partial charge in [0.15, 0.2) is 0 Å². The lowest BCUT2D eigenvalue weighted by atomic mass is 9.85. The minimum Gasteiger partial charge on any atom is -0.346 e. The van der Waals surface area contributed by atoms with Crippen LogP contribution in [0, 0.1) is 23.7 Å². The number of aromatic amines is 2. The van der Waals surface area contributed by atoms with Gasteiger partial charge in [0, 0.05) is 69.6 Å². The molecule has 4 heterocycles. The second kappa shape index (κ2) is 10.8. The molecule has 0 fully saturated rings. The maximum absolute atomic E-state index is 13.6. The fourth-order valence-electron chi connectivity index (χ4n) is 4.89. The Morgan fingerprint density at radius 3 is 1.60 bits per heavy atom. The molecule has 6 aromatic rings. The minimum absolute atomic E-state index is 0.154. The highest BCUT2D eigenvalue weighted by atomic mass is 16.1. The Hall–Kier alpha value is -5.39. The summed E-state index contributed by atoms with van der Waals surface area (Å²) in [7, 11) is 0. The van der Waals surface area contributed by atoms with Crippen LogP contribution in [0.25, 0.3) is 22.1 Å². The van der Waals surface area contributed by atoms with Crippen LogP contribution in [0.1, 0.15) is 59.1 Å². The predicted molar refractivity (Wildman–Crippen MR) is 159 cm³/mol. The van der Waals surface area contributed by atoms with Gasteiger partial charge in [-0.25, -0.2) is 9.97 Å². The third kappa shape index (κ3) is 5.01. The van der Waals surface area contributed by atoms with E-state index in [1.165, 1.54) is 0 Å². The largest absolute Gasteiger partial charge is 0.346 e. The van der Waals surface area contributed by atoms with Gasteiger partial charge < -0.3 is 9.97 Å². The Bertz CT molecular complexity index is 1850. The Morgan fingerprint density at radius 2 is 1.12 bits per heavy atom. The summed E-state index contributed by atoms with van der Waals surface area (Å²) in [5.74, 6) is 12.6. The van der Waals surface area contributed by atoms with E-state index in [1.807, 2.05) is 99.0 Å². The lowest BCUT2D eigenvalue weighted by Gasteiger charge is -2.17. The summed E-state index contributed by atoms with van der Waals surface area (Å²) >= 11 is 0. The minimum atomic E-state index is -0.275. The lowest BCUT2D eigenvalue weighted by molar-refractivity contribution is -0.121. The van der Waals surface area contributed by atoms with Gasteiger partial charge in [-0.1, -0.05) is 61.8 Å². The van der Waals surface area contributed by atoms with Crippen LogP contribution in [-0.4, -0.2) is 25.7 Å². The molecule has 0 bridgehead atoms. The number of Topliss-reactive ketones (excluding diaryl/α,β-unsaturated/α-hetero) is 1. The van der Waals surface area contributed by atoms with Gasteiger partial charge in [-0.05, 0) is 59.7 Å². The maximum Gasteiger partial charge on any atom is 0.147 e. The average Bonchev–Trinajstić information content (AvgIpc) is 3.68. The number of aromatic nitrogens is 4. The van der Waals surface area contributed by atoms with Crippen molar-refractivity contribution in [1.29, 1.82) is 0 Å². The molecule has 6 rings (SSSR count). The zero-order valence-corrected chi connectivity index (χ0v) is 22.2. The lowest BCUT2D eigenvalue weighted by Crippen LogP contribution is -2.16. The fourth-order valence-corrected chi connectivity index (χ4v) is 4.89. The van der Waals surface area contributed by atoms with E-state index in [1.54, 1.807) is 12.4 Å². The normalized spacial score (nSPS) is 12.2. The van der Waals surface area contributed by atoms with Crippen LogP contribution in [-0.2, 0) is 4.79 Å². The zero-order valence-electron chi connectivity index (χ0n) is 22.2. The molecule has 0 aliphatic rings. The van der Waals surface area contributed by atoms with E-state index < -0.39 is 0 Å². The number of ketones is 1. The molecule has 2 N–H and O–H groups in total. The number of hydrogen-bond acceptors (Lipinski definition) is 3. The second-order valence-corrected chi connectivity index (χ2v) is 9.79.